The van der Waals surface area contributed by atoms with Crippen LogP contribution in [0.15, 0.2) is 0 Å². The quantitative estimate of drug-likeness (QED) is 0.699. The molecule has 1 unspecified atom stereocenters. The first-order valence-electron chi connectivity index (χ1n) is 5.87. The second kappa shape index (κ2) is 5.84. The number of nitrogens with two attached hydrogens (primary N) is 2. The maximum absolute atomic E-state index is 11.8. The van der Waals surface area contributed by atoms with E-state index in [9.17, 15) is 9.59 Å². The molecule has 1 rings (SSSR count). The Labute approximate surface area is 96.1 Å². The van der Waals surface area contributed by atoms with Gasteiger partial charge in [-0.3, -0.25) is 9.59 Å². The monoisotopic (exact) mass is 227 g/mol. The van der Waals surface area contributed by atoms with Gasteiger partial charge in [0.2, 0.25) is 11.8 Å². The lowest BCUT2D eigenvalue weighted by Crippen LogP contribution is -2.47. The number of hydrogen-bond acceptors (Lipinski definition) is 3. The zero-order valence-electron chi connectivity index (χ0n) is 9.82. The highest BCUT2D eigenvalue weighted by molar-refractivity contribution is 5.81. The number of hydrogen-bond donors (Lipinski definition) is 2. The number of primary amides is 1. The summed E-state index contributed by atoms with van der Waals surface area (Å²) in [6.07, 6.45) is 2.80. The van der Waals surface area contributed by atoms with Crippen LogP contribution in [0.5, 0.6) is 0 Å². The molecule has 92 valence electrons. The molecule has 5 heteroatoms. The molecule has 1 atom stereocenters. The van der Waals surface area contributed by atoms with Crippen molar-refractivity contribution in [3.05, 3.63) is 0 Å². The van der Waals surface area contributed by atoms with Gasteiger partial charge in [-0.15, -0.1) is 0 Å². The number of amides is 2. The summed E-state index contributed by atoms with van der Waals surface area (Å²) in [6.45, 7) is 3.30. The van der Waals surface area contributed by atoms with E-state index in [0.29, 0.717) is 31.8 Å². The minimum absolute atomic E-state index is 0.0278. The summed E-state index contributed by atoms with van der Waals surface area (Å²) in [4.78, 5) is 24.3. The van der Waals surface area contributed by atoms with E-state index in [1.54, 1.807) is 4.90 Å². The van der Waals surface area contributed by atoms with Crippen molar-refractivity contribution in [3.63, 3.8) is 0 Å². The van der Waals surface area contributed by atoms with Crippen LogP contribution in [0.4, 0.5) is 0 Å². The average Bonchev–Trinajstić information content (AvgIpc) is 2.27. The normalized spacial score (nSPS) is 19.5. The molecule has 0 bridgehead atoms. The maximum atomic E-state index is 11.8. The number of piperidine rings is 1. The molecule has 0 saturated carbocycles. The lowest BCUT2D eigenvalue weighted by molar-refractivity contribution is -0.134. The first-order valence-corrected chi connectivity index (χ1v) is 5.87. The Morgan fingerprint density at radius 2 is 1.94 bits per heavy atom. The van der Waals surface area contributed by atoms with E-state index in [-0.39, 0.29) is 17.9 Å². The van der Waals surface area contributed by atoms with Crippen LogP contribution in [-0.2, 0) is 9.59 Å². The third kappa shape index (κ3) is 3.48. The molecule has 0 aromatic carbocycles. The van der Waals surface area contributed by atoms with Crippen molar-refractivity contribution in [2.45, 2.75) is 38.6 Å². The fourth-order valence-corrected chi connectivity index (χ4v) is 2.05. The van der Waals surface area contributed by atoms with Gasteiger partial charge in [0.1, 0.15) is 0 Å². The largest absolute Gasteiger partial charge is 0.370 e. The Kier molecular flexibility index (Phi) is 4.73. The van der Waals surface area contributed by atoms with Crippen molar-refractivity contribution in [3.8, 4) is 0 Å². The van der Waals surface area contributed by atoms with Crippen molar-refractivity contribution in [1.29, 1.82) is 0 Å². The van der Waals surface area contributed by atoms with Crippen LogP contribution in [0.1, 0.15) is 32.6 Å². The molecule has 0 radical (unpaired) electrons. The van der Waals surface area contributed by atoms with Crippen molar-refractivity contribution >= 4 is 11.8 Å². The van der Waals surface area contributed by atoms with E-state index in [1.165, 1.54) is 0 Å². The summed E-state index contributed by atoms with van der Waals surface area (Å²) in [5.41, 5.74) is 10.8. The van der Waals surface area contributed by atoms with E-state index in [0.717, 1.165) is 12.8 Å². The van der Waals surface area contributed by atoms with E-state index >= 15 is 0 Å². The summed E-state index contributed by atoms with van der Waals surface area (Å²) < 4.78 is 0. The predicted octanol–water partition coefficient (Wildman–Crippen LogP) is -0.162. The molecule has 5 nitrogen and oxygen atoms in total. The molecule has 0 aromatic heterocycles. The van der Waals surface area contributed by atoms with Crippen LogP contribution in [-0.4, -0.2) is 35.8 Å². The first-order chi connectivity index (χ1) is 7.54. The van der Waals surface area contributed by atoms with E-state index in [4.69, 9.17) is 11.5 Å². The van der Waals surface area contributed by atoms with Crippen molar-refractivity contribution < 1.29 is 9.59 Å². The molecular weight excluding hydrogens is 206 g/mol. The minimum atomic E-state index is -0.382. The predicted molar refractivity (Wildman–Crippen MR) is 61.4 cm³/mol. The van der Waals surface area contributed by atoms with Gasteiger partial charge in [0, 0.05) is 19.5 Å². The smallest absolute Gasteiger partial charge is 0.239 e. The molecule has 0 aromatic rings. The lowest BCUT2D eigenvalue weighted by Gasteiger charge is -2.32. The van der Waals surface area contributed by atoms with Gasteiger partial charge in [-0.1, -0.05) is 6.92 Å². The van der Waals surface area contributed by atoms with Gasteiger partial charge in [-0.2, -0.15) is 0 Å². The lowest BCUT2D eigenvalue weighted by atomic mass is 9.93. The molecule has 2 amide bonds. The molecular formula is C11H21N3O2. The van der Waals surface area contributed by atoms with Crippen LogP contribution >= 0.6 is 0 Å². The highest BCUT2D eigenvalue weighted by atomic mass is 16.2. The Morgan fingerprint density at radius 3 is 2.38 bits per heavy atom. The molecule has 16 heavy (non-hydrogen) atoms. The van der Waals surface area contributed by atoms with E-state index in [2.05, 4.69) is 0 Å². The number of carbonyl (C=O) groups is 2. The van der Waals surface area contributed by atoms with Crippen molar-refractivity contribution in [2.75, 3.05) is 13.1 Å². The zero-order valence-corrected chi connectivity index (χ0v) is 9.82. The summed E-state index contributed by atoms with van der Waals surface area (Å²) in [6, 6.07) is -0.382. The summed E-state index contributed by atoms with van der Waals surface area (Å²) in [5.74, 6) is 0.106. The van der Waals surface area contributed by atoms with E-state index in [1.807, 2.05) is 6.92 Å². The molecule has 1 aliphatic heterocycles. The zero-order chi connectivity index (χ0) is 12.1. The summed E-state index contributed by atoms with van der Waals surface area (Å²) in [5, 5.41) is 0. The standard InChI is InChI=1S/C11H21N3O2/c1-2-9(12)11(16)14-5-3-8(4-6-14)7-10(13)15/h8-9H,2-7,12H2,1H3,(H2,13,15). The molecule has 1 aliphatic rings. The topological polar surface area (TPSA) is 89.4 Å². The summed E-state index contributed by atoms with van der Waals surface area (Å²) >= 11 is 0. The minimum Gasteiger partial charge on any atom is -0.370 e. The Hall–Kier alpha value is -1.10. The van der Waals surface area contributed by atoms with Crippen LogP contribution in [0, 0.1) is 5.92 Å². The van der Waals surface area contributed by atoms with Gasteiger partial charge < -0.3 is 16.4 Å². The molecule has 0 aliphatic carbocycles. The Balaban J connectivity index is 2.37. The van der Waals surface area contributed by atoms with E-state index < -0.39 is 0 Å². The Morgan fingerprint density at radius 1 is 1.38 bits per heavy atom. The SMILES string of the molecule is CCC(N)C(=O)N1CCC(CC(N)=O)CC1. The van der Waals surface area contributed by atoms with Crippen molar-refractivity contribution in [1.82, 2.24) is 4.90 Å². The van der Waals surface area contributed by atoms with Crippen LogP contribution in [0.3, 0.4) is 0 Å². The third-order valence-electron chi connectivity index (χ3n) is 3.17. The number of nitrogens with zero attached hydrogens (tertiary/aromatic N) is 1. The fraction of sp³-hybridized carbons (Fsp3) is 0.818. The molecule has 4 N–H and O–H groups in total. The van der Waals surface area contributed by atoms with Gasteiger partial charge >= 0.3 is 0 Å². The number of carbonyl (C=O) groups excluding carboxylic acids is 2. The van der Waals surface area contributed by atoms with Crippen LogP contribution in [0.2, 0.25) is 0 Å². The molecule has 0 spiro atoms. The number of rotatable bonds is 4. The molecule has 1 heterocycles. The highest BCUT2D eigenvalue weighted by Gasteiger charge is 2.25. The fourth-order valence-electron chi connectivity index (χ4n) is 2.05. The second-order valence-corrected chi connectivity index (χ2v) is 4.45. The van der Waals surface area contributed by atoms with Gasteiger partial charge in [-0.25, -0.2) is 0 Å². The van der Waals surface area contributed by atoms with Crippen LogP contribution < -0.4 is 11.5 Å². The highest BCUT2D eigenvalue weighted by Crippen LogP contribution is 2.20. The van der Waals surface area contributed by atoms with Gasteiger partial charge in [0.25, 0.3) is 0 Å². The Bertz CT molecular complexity index is 260. The second-order valence-electron chi connectivity index (χ2n) is 4.45. The van der Waals surface area contributed by atoms with Gasteiger partial charge in [0.05, 0.1) is 6.04 Å². The number of likely N-dealkylation sites (tertiary alicyclic amines) is 1. The third-order valence-corrected chi connectivity index (χ3v) is 3.17. The summed E-state index contributed by atoms with van der Waals surface area (Å²) in [7, 11) is 0. The molecule has 1 saturated heterocycles. The average molecular weight is 227 g/mol. The first kappa shape index (κ1) is 13.0. The van der Waals surface area contributed by atoms with Gasteiger partial charge in [0.15, 0.2) is 0 Å². The maximum Gasteiger partial charge on any atom is 0.239 e. The van der Waals surface area contributed by atoms with Crippen LogP contribution in [0.25, 0.3) is 0 Å². The molecule has 1 fully saturated rings. The van der Waals surface area contributed by atoms with Gasteiger partial charge in [-0.05, 0) is 25.2 Å². The van der Waals surface area contributed by atoms with Crippen molar-refractivity contribution in [2.24, 2.45) is 17.4 Å².